The van der Waals surface area contributed by atoms with Crippen LogP contribution < -0.4 is 0 Å². The van der Waals surface area contributed by atoms with E-state index in [0.717, 1.165) is 30.6 Å². The number of carbonyl (C=O) groups is 1. The Morgan fingerprint density at radius 2 is 1.97 bits per heavy atom. The number of nitrogens with one attached hydrogen (secondary N) is 1. The lowest BCUT2D eigenvalue weighted by molar-refractivity contribution is 0.0495. The van der Waals surface area contributed by atoms with Crippen molar-refractivity contribution in [2.45, 2.75) is 44.8 Å². The van der Waals surface area contributed by atoms with E-state index in [1.54, 1.807) is 12.1 Å². The molecule has 6 nitrogen and oxygen atoms in total. The maximum absolute atomic E-state index is 13.4. The Morgan fingerprint density at radius 3 is 2.65 bits per heavy atom. The quantitative estimate of drug-likeness (QED) is 0.634. The molecule has 2 aromatic carbocycles. The van der Waals surface area contributed by atoms with Gasteiger partial charge in [0, 0.05) is 24.3 Å². The third kappa shape index (κ3) is 3.41. The number of fused-ring (bicyclic) bond motifs is 1. The van der Waals surface area contributed by atoms with Gasteiger partial charge in [-0.25, -0.2) is 0 Å². The van der Waals surface area contributed by atoms with Gasteiger partial charge in [0.05, 0.1) is 12.1 Å². The predicted molar refractivity (Wildman–Crippen MR) is 118 cm³/mol. The van der Waals surface area contributed by atoms with Crippen LogP contribution in [-0.2, 0) is 4.74 Å². The molecule has 3 aromatic rings. The molecule has 1 saturated heterocycles. The maximum Gasteiger partial charge on any atom is 0.273 e. The number of nitrogens with zero attached hydrogens (tertiary/aromatic N) is 2. The summed E-state index contributed by atoms with van der Waals surface area (Å²) in [6.07, 6.45) is 2.03. The predicted octanol–water partition coefficient (Wildman–Crippen LogP) is 4.63. The van der Waals surface area contributed by atoms with E-state index in [9.17, 15) is 9.90 Å². The number of para-hydroxylation sites is 1. The summed E-state index contributed by atoms with van der Waals surface area (Å²) in [7, 11) is 0. The fourth-order valence-corrected chi connectivity index (χ4v) is 4.68. The molecule has 0 spiro atoms. The molecule has 5 rings (SSSR count). The molecule has 0 radical (unpaired) electrons. The first kappa shape index (κ1) is 19.8. The molecule has 0 saturated carbocycles. The van der Waals surface area contributed by atoms with Gasteiger partial charge in [0.15, 0.2) is 0 Å². The number of amides is 1. The summed E-state index contributed by atoms with van der Waals surface area (Å²) in [4.78, 5) is 15.3. The average molecular weight is 418 g/mol. The summed E-state index contributed by atoms with van der Waals surface area (Å²) in [6.45, 7) is 5.62. The van der Waals surface area contributed by atoms with Crippen LogP contribution in [0.3, 0.4) is 0 Å². The van der Waals surface area contributed by atoms with Crippen molar-refractivity contribution < 1.29 is 14.6 Å². The molecule has 6 heteroatoms. The van der Waals surface area contributed by atoms with Crippen LogP contribution in [0.15, 0.2) is 48.5 Å². The largest absolute Gasteiger partial charge is 0.507 e. The number of ether oxygens (including phenoxy) is 1. The molecule has 2 N–H and O–H groups in total. The summed E-state index contributed by atoms with van der Waals surface area (Å²) in [5, 5.41) is 17.9. The number of phenolic OH excluding ortho intramolecular Hbond substituents is 1. The summed E-state index contributed by atoms with van der Waals surface area (Å²) < 4.78 is 5.85. The van der Waals surface area contributed by atoms with E-state index in [1.807, 2.05) is 17.0 Å². The minimum Gasteiger partial charge on any atom is -0.507 e. The Kier molecular flexibility index (Phi) is 5.02. The first-order chi connectivity index (χ1) is 15.0. The van der Waals surface area contributed by atoms with E-state index in [1.165, 1.54) is 5.56 Å². The van der Waals surface area contributed by atoms with Crippen LogP contribution >= 0.6 is 0 Å². The van der Waals surface area contributed by atoms with E-state index in [-0.39, 0.29) is 23.8 Å². The van der Waals surface area contributed by atoms with Gasteiger partial charge in [0.1, 0.15) is 17.1 Å². The van der Waals surface area contributed by atoms with Gasteiger partial charge in [0.25, 0.3) is 5.91 Å². The van der Waals surface area contributed by atoms with Crippen molar-refractivity contribution >= 4 is 5.91 Å². The first-order valence-electron chi connectivity index (χ1n) is 10.9. The highest BCUT2D eigenvalue weighted by Gasteiger charge is 2.43. The zero-order valence-corrected chi connectivity index (χ0v) is 17.8. The molecular formula is C25H27N3O3. The van der Waals surface area contributed by atoms with Crippen LogP contribution in [0, 0.1) is 0 Å². The molecule has 160 valence electrons. The Bertz CT molecular complexity index is 1100. The molecule has 2 aliphatic heterocycles. The van der Waals surface area contributed by atoms with E-state index >= 15 is 0 Å². The van der Waals surface area contributed by atoms with Gasteiger partial charge in [-0.3, -0.25) is 9.89 Å². The van der Waals surface area contributed by atoms with Crippen molar-refractivity contribution in [1.29, 1.82) is 0 Å². The van der Waals surface area contributed by atoms with Crippen molar-refractivity contribution in [1.82, 2.24) is 15.1 Å². The first-order valence-corrected chi connectivity index (χ1v) is 10.9. The van der Waals surface area contributed by atoms with Crippen molar-refractivity contribution in [3.8, 4) is 17.0 Å². The number of H-pyrrole nitrogens is 1. The van der Waals surface area contributed by atoms with Gasteiger partial charge < -0.3 is 14.7 Å². The molecule has 0 bridgehead atoms. The molecule has 3 heterocycles. The standard InChI is InChI=1S/C25H27N3O3/c1-15(2)16-9-11-17(12-10-16)24-21-22(19-7-3-4-8-20(19)29)26-27-23(21)25(30)28(24)14-18-6-5-13-31-18/h3-4,7-12,15,18,24,29H,5-6,13-14H2,1-2H3,(H,26,27)/t18-,24+/m1/s1. The molecule has 2 aliphatic rings. The molecule has 1 fully saturated rings. The monoisotopic (exact) mass is 417 g/mol. The Balaban J connectivity index is 1.62. The van der Waals surface area contributed by atoms with Gasteiger partial charge >= 0.3 is 0 Å². The fourth-order valence-electron chi connectivity index (χ4n) is 4.68. The van der Waals surface area contributed by atoms with Crippen molar-refractivity contribution in [3.63, 3.8) is 0 Å². The SMILES string of the molecule is CC(C)c1ccc([C@H]2c3c(-c4ccccc4O)n[nH]c3C(=O)N2C[C@H]2CCCO2)cc1. The van der Waals surface area contributed by atoms with Crippen molar-refractivity contribution in [3.05, 3.63) is 70.9 Å². The van der Waals surface area contributed by atoms with Gasteiger partial charge in [-0.15, -0.1) is 0 Å². The number of carbonyl (C=O) groups excluding carboxylic acids is 1. The number of aromatic amines is 1. The summed E-state index contributed by atoms with van der Waals surface area (Å²) in [6, 6.07) is 15.3. The van der Waals surface area contributed by atoms with Crippen molar-refractivity contribution in [2.24, 2.45) is 0 Å². The topological polar surface area (TPSA) is 78.5 Å². The lowest BCUT2D eigenvalue weighted by atomic mass is 9.93. The van der Waals surface area contributed by atoms with Gasteiger partial charge in [-0.2, -0.15) is 5.10 Å². The Hall–Kier alpha value is -3.12. The Morgan fingerprint density at radius 1 is 1.19 bits per heavy atom. The molecular weight excluding hydrogens is 390 g/mol. The minimum atomic E-state index is -0.277. The summed E-state index contributed by atoms with van der Waals surface area (Å²) in [5.41, 5.74) is 4.85. The minimum absolute atomic E-state index is 0.0481. The number of aromatic hydroxyl groups is 1. The highest BCUT2D eigenvalue weighted by molar-refractivity contribution is 6.00. The smallest absolute Gasteiger partial charge is 0.273 e. The molecule has 2 atom stereocenters. The lowest BCUT2D eigenvalue weighted by Gasteiger charge is -2.28. The third-order valence-electron chi connectivity index (χ3n) is 6.37. The van der Waals surface area contributed by atoms with E-state index < -0.39 is 0 Å². The maximum atomic E-state index is 13.4. The van der Waals surface area contributed by atoms with Crippen LogP contribution in [0.2, 0.25) is 0 Å². The third-order valence-corrected chi connectivity index (χ3v) is 6.37. The Labute approximate surface area is 181 Å². The normalized spacial score (nSPS) is 20.6. The van der Waals surface area contributed by atoms with E-state index in [0.29, 0.717) is 29.4 Å². The van der Waals surface area contributed by atoms with Crippen LogP contribution in [0.5, 0.6) is 5.75 Å². The van der Waals surface area contributed by atoms with Gasteiger partial charge in [0.2, 0.25) is 0 Å². The van der Waals surface area contributed by atoms with E-state index in [2.05, 4.69) is 48.3 Å². The number of hydrogen-bond donors (Lipinski definition) is 2. The molecule has 31 heavy (non-hydrogen) atoms. The van der Waals surface area contributed by atoms with Crippen LogP contribution in [0.25, 0.3) is 11.3 Å². The zero-order valence-electron chi connectivity index (χ0n) is 17.8. The van der Waals surface area contributed by atoms with Crippen LogP contribution in [-0.4, -0.2) is 45.4 Å². The van der Waals surface area contributed by atoms with Gasteiger partial charge in [-0.1, -0.05) is 50.2 Å². The number of rotatable bonds is 5. The highest BCUT2D eigenvalue weighted by atomic mass is 16.5. The van der Waals surface area contributed by atoms with Crippen LogP contribution in [0.4, 0.5) is 0 Å². The second kappa shape index (κ2) is 7.85. The second-order valence-electron chi connectivity index (χ2n) is 8.69. The second-order valence-corrected chi connectivity index (χ2v) is 8.69. The van der Waals surface area contributed by atoms with Crippen molar-refractivity contribution in [2.75, 3.05) is 13.2 Å². The zero-order chi connectivity index (χ0) is 21.5. The molecule has 1 aromatic heterocycles. The lowest BCUT2D eigenvalue weighted by Crippen LogP contribution is -2.36. The average Bonchev–Trinajstić information content (AvgIpc) is 3.49. The van der Waals surface area contributed by atoms with Gasteiger partial charge in [-0.05, 0) is 42.0 Å². The summed E-state index contributed by atoms with van der Waals surface area (Å²) >= 11 is 0. The van der Waals surface area contributed by atoms with E-state index in [4.69, 9.17) is 4.74 Å². The fraction of sp³-hybridized carbons (Fsp3) is 0.360. The molecule has 0 unspecified atom stereocenters. The number of aromatic nitrogens is 2. The highest BCUT2D eigenvalue weighted by Crippen LogP contribution is 2.44. The summed E-state index contributed by atoms with van der Waals surface area (Å²) in [5.74, 6) is 0.511. The molecule has 1 amide bonds. The number of phenols is 1. The number of benzene rings is 2. The van der Waals surface area contributed by atoms with Crippen LogP contribution in [0.1, 0.15) is 65.8 Å². The molecule has 0 aliphatic carbocycles. The number of hydrogen-bond acceptors (Lipinski definition) is 4.